The maximum Gasteiger partial charge on any atom is 0.266 e. The molecule has 1 N–H and O–H groups in total. The highest BCUT2D eigenvalue weighted by Gasteiger charge is 2.13. The number of rotatable bonds is 6. The molecule has 162 valence electrons. The van der Waals surface area contributed by atoms with Crippen LogP contribution in [0.15, 0.2) is 69.1 Å². The van der Waals surface area contributed by atoms with E-state index in [1.165, 1.54) is 12.1 Å². The molecule has 4 nitrogen and oxygen atoms in total. The Kier molecular flexibility index (Phi) is 9.03. The number of nitrogens with one attached hydrogen (secondary N) is 1. The van der Waals surface area contributed by atoms with Crippen molar-refractivity contribution in [3.63, 3.8) is 0 Å². The molecular formula is C23H13Br2Cl2IN2O2. The smallest absolute Gasteiger partial charge is 0.266 e. The van der Waals surface area contributed by atoms with E-state index in [4.69, 9.17) is 27.9 Å². The van der Waals surface area contributed by atoms with Gasteiger partial charge in [-0.2, -0.15) is 5.26 Å². The van der Waals surface area contributed by atoms with Gasteiger partial charge in [0.1, 0.15) is 24.0 Å². The molecule has 32 heavy (non-hydrogen) atoms. The molecule has 0 aromatic heterocycles. The second kappa shape index (κ2) is 11.5. The molecular weight excluding hydrogens is 694 g/mol. The number of nitriles is 1. The van der Waals surface area contributed by atoms with Crippen LogP contribution in [0.1, 0.15) is 11.1 Å². The van der Waals surface area contributed by atoms with Crippen LogP contribution < -0.4 is 10.1 Å². The van der Waals surface area contributed by atoms with E-state index in [1.54, 1.807) is 18.2 Å². The lowest BCUT2D eigenvalue weighted by Crippen LogP contribution is -2.13. The topological polar surface area (TPSA) is 62.1 Å². The molecule has 3 aromatic rings. The number of nitrogens with zero attached hydrogens (tertiary/aromatic N) is 1. The van der Waals surface area contributed by atoms with Crippen LogP contribution in [-0.4, -0.2) is 5.91 Å². The molecule has 9 heteroatoms. The van der Waals surface area contributed by atoms with Crippen molar-refractivity contribution in [2.24, 2.45) is 0 Å². The van der Waals surface area contributed by atoms with Crippen molar-refractivity contribution < 1.29 is 9.53 Å². The third-order valence-corrected chi connectivity index (χ3v) is 6.83. The van der Waals surface area contributed by atoms with Crippen LogP contribution in [0, 0.1) is 14.9 Å². The van der Waals surface area contributed by atoms with Crippen LogP contribution in [0.4, 0.5) is 5.69 Å². The fourth-order valence-electron chi connectivity index (χ4n) is 2.62. The summed E-state index contributed by atoms with van der Waals surface area (Å²) >= 11 is 21.0. The number of anilines is 1. The summed E-state index contributed by atoms with van der Waals surface area (Å²) in [5.74, 6) is 0.136. The van der Waals surface area contributed by atoms with Crippen LogP contribution in [0.3, 0.4) is 0 Å². The van der Waals surface area contributed by atoms with Gasteiger partial charge in [-0.1, -0.05) is 51.3 Å². The summed E-state index contributed by atoms with van der Waals surface area (Å²) in [5, 5.41) is 12.8. The third kappa shape index (κ3) is 6.72. The molecule has 0 atom stereocenters. The quantitative estimate of drug-likeness (QED) is 0.160. The van der Waals surface area contributed by atoms with Gasteiger partial charge in [-0.15, -0.1) is 0 Å². The zero-order chi connectivity index (χ0) is 23.3. The Morgan fingerprint density at radius 3 is 2.44 bits per heavy atom. The zero-order valence-electron chi connectivity index (χ0n) is 16.1. The summed E-state index contributed by atoms with van der Waals surface area (Å²) in [6.07, 6.45) is 1.51. The highest BCUT2D eigenvalue weighted by atomic mass is 127. The second-order valence-corrected chi connectivity index (χ2v) is 10.2. The maximum atomic E-state index is 12.5. The molecule has 0 spiro atoms. The van der Waals surface area contributed by atoms with Crippen LogP contribution >= 0.6 is 77.7 Å². The van der Waals surface area contributed by atoms with E-state index in [9.17, 15) is 10.1 Å². The SMILES string of the molecule is N#C/C(=C\c1cc(Br)c(OCc2ccc(Br)cc2)c(I)c1)C(=O)Nc1ccc(Cl)c(Cl)c1. The van der Waals surface area contributed by atoms with E-state index >= 15 is 0 Å². The van der Waals surface area contributed by atoms with Gasteiger partial charge < -0.3 is 10.1 Å². The Hall–Kier alpha value is -1.57. The summed E-state index contributed by atoms with van der Waals surface area (Å²) < 4.78 is 8.53. The van der Waals surface area contributed by atoms with Gasteiger partial charge in [0.05, 0.1) is 18.1 Å². The van der Waals surface area contributed by atoms with Gasteiger partial charge in [0.2, 0.25) is 0 Å². The lowest BCUT2D eigenvalue weighted by molar-refractivity contribution is -0.112. The molecule has 3 aromatic carbocycles. The highest BCUT2D eigenvalue weighted by Crippen LogP contribution is 2.33. The lowest BCUT2D eigenvalue weighted by atomic mass is 10.1. The third-order valence-electron chi connectivity index (χ3n) is 4.17. The monoisotopic (exact) mass is 704 g/mol. The number of ether oxygens (including phenoxy) is 1. The first-order chi connectivity index (χ1) is 15.3. The van der Waals surface area contributed by atoms with E-state index < -0.39 is 5.91 Å². The Labute approximate surface area is 226 Å². The average Bonchev–Trinajstić information content (AvgIpc) is 2.75. The first-order valence-electron chi connectivity index (χ1n) is 9.01. The van der Waals surface area contributed by atoms with Crippen molar-refractivity contribution >= 4 is 95.3 Å². The summed E-state index contributed by atoms with van der Waals surface area (Å²) in [7, 11) is 0. The summed E-state index contributed by atoms with van der Waals surface area (Å²) in [4.78, 5) is 12.5. The minimum absolute atomic E-state index is 0.0534. The first-order valence-corrected chi connectivity index (χ1v) is 12.4. The Morgan fingerprint density at radius 1 is 1.09 bits per heavy atom. The second-order valence-electron chi connectivity index (χ2n) is 6.48. The average molecular weight is 707 g/mol. The van der Waals surface area contributed by atoms with E-state index in [1.807, 2.05) is 36.4 Å². The number of benzene rings is 3. The molecule has 1 amide bonds. The number of halogens is 5. The van der Waals surface area contributed by atoms with Gasteiger partial charge in [-0.25, -0.2) is 0 Å². The van der Waals surface area contributed by atoms with Crippen molar-refractivity contribution in [2.45, 2.75) is 6.61 Å². The molecule has 0 aliphatic heterocycles. The predicted molar refractivity (Wildman–Crippen MR) is 144 cm³/mol. The van der Waals surface area contributed by atoms with Crippen LogP contribution in [0.25, 0.3) is 6.08 Å². The molecule has 0 radical (unpaired) electrons. The molecule has 0 heterocycles. The Bertz CT molecular complexity index is 1220. The van der Waals surface area contributed by atoms with Crippen LogP contribution in [0.2, 0.25) is 10.0 Å². The van der Waals surface area contributed by atoms with Crippen LogP contribution in [-0.2, 0) is 11.4 Å². The fraction of sp³-hybridized carbons (Fsp3) is 0.0435. The summed E-state index contributed by atoms with van der Waals surface area (Å²) in [6, 6.07) is 18.1. The van der Waals surface area contributed by atoms with Gasteiger partial charge in [-0.3, -0.25) is 4.79 Å². The standard InChI is InChI=1S/C23H13Br2Cl2IN2O2/c24-16-3-1-13(2-4-16)12-32-22-18(25)8-14(9-21(22)28)7-15(11-29)23(31)30-17-5-6-19(26)20(27)10-17/h1-10H,12H2,(H,30,31)/b15-7+. The number of carbonyl (C=O) groups excluding carboxylic acids is 1. The summed E-state index contributed by atoms with van der Waals surface area (Å²) in [6.45, 7) is 0.409. The maximum absolute atomic E-state index is 12.5. The van der Waals surface area contributed by atoms with Crippen molar-refractivity contribution in [2.75, 3.05) is 5.32 Å². The molecule has 0 aliphatic rings. The van der Waals surface area contributed by atoms with Crippen molar-refractivity contribution in [3.05, 3.63) is 93.9 Å². The molecule has 3 rings (SSSR count). The summed E-state index contributed by atoms with van der Waals surface area (Å²) in [5.41, 5.74) is 2.10. The van der Waals surface area contributed by atoms with Gasteiger partial charge in [0.15, 0.2) is 0 Å². The molecule has 0 bridgehead atoms. The molecule has 0 fully saturated rings. The van der Waals surface area contributed by atoms with Gasteiger partial charge in [-0.05, 0) is 98.2 Å². The number of amides is 1. The Morgan fingerprint density at radius 2 is 1.81 bits per heavy atom. The van der Waals surface area contributed by atoms with Crippen molar-refractivity contribution in [1.29, 1.82) is 5.26 Å². The Balaban J connectivity index is 1.77. The molecule has 0 unspecified atom stereocenters. The van der Waals surface area contributed by atoms with Crippen molar-refractivity contribution in [1.82, 2.24) is 0 Å². The van der Waals surface area contributed by atoms with Gasteiger partial charge in [0.25, 0.3) is 5.91 Å². The molecule has 0 aliphatic carbocycles. The van der Waals surface area contributed by atoms with Gasteiger partial charge in [0, 0.05) is 10.2 Å². The van der Waals surface area contributed by atoms with Crippen LogP contribution in [0.5, 0.6) is 5.75 Å². The minimum Gasteiger partial charge on any atom is -0.487 e. The normalized spacial score (nSPS) is 11.1. The van der Waals surface area contributed by atoms with Crippen molar-refractivity contribution in [3.8, 4) is 11.8 Å². The zero-order valence-corrected chi connectivity index (χ0v) is 23.0. The molecule has 0 saturated carbocycles. The largest absolute Gasteiger partial charge is 0.487 e. The van der Waals surface area contributed by atoms with E-state index in [2.05, 4.69) is 59.8 Å². The number of carbonyl (C=O) groups is 1. The van der Waals surface area contributed by atoms with E-state index in [0.29, 0.717) is 33.7 Å². The highest BCUT2D eigenvalue weighted by molar-refractivity contribution is 14.1. The predicted octanol–water partition coefficient (Wildman–Crippen LogP) is 8.25. The van der Waals surface area contributed by atoms with E-state index in [0.717, 1.165) is 18.1 Å². The minimum atomic E-state index is -0.549. The number of hydrogen-bond acceptors (Lipinski definition) is 3. The fourth-order valence-corrected chi connectivity index (χ4v) is 4.96. The lowest BCUT2D eigenvalue weighted by Gasteiger charge is -2.12. The molecule has 0 saturated heterocycles. The first kappa shape index (κ1) is 25.1. The van der Waals surface area contributed by atoms with E-state index in [-0.39, 0.29) is 5.57 Å². The van der Waals surface area contributed by atoms with Gasteiger partial charge >= 0.3 is 0 Å². The number of hydrogen-bond donors (Lipinski definition) is 1.